The molecule has 0 radical (unpaired) electrons. The standard InChI is InChI=1S/C36H44N6O3/c1-5-30(25-9-7-6-8-10-25)38-34(43)26-11-12-31-28(21-26)29(35(44)39-31)22-32-23(2)33(24(3)37-32)36(45)42-15-13-27(14-16-42)41-19-17-40(4)18-20-41/h6-12,21-22,27,30,37H,5,13-20H2,1-4H3,(H,38,43)(H,39,44)/b29-22-/t30-/m0/s1. The molecule has 4 heterocycles. The smallest absolute Gasteiger partial charge is 0.256 e. The number of rotatable bonds is 7. The molecule has 6 rings (SSSR count). The summed E-state index contributed by atoms with van der Waals surface area (Å²) in [7, 11) is 2.17. The third-order valence-electron chi connectivity index (χ3n) is 9.76. The first kappa shape index (κ1) is 30.8. The number of carbonyl (C=O) groups is 3. The maximum Gasteiger partial charge on any atom is 0.256 e. The minimum Gasteiger partial charge on any atom is -0.358 e. The number of nitrogens with one attached hydrogen (secondary N) is 3. The predicted octanol–water partition coefficient (Wildman–Crippen LogP) is 4.86. The Hall–Kier alpha value is -4.21. The van der Waals surface area contributed by atoms with Gasteiger partial charge in [0.15, 0.2) is 0 Å². The molecular formula is C36H44N6O3. The molecule has 0 saturated carbocycles. The summed E-state index contributed by atoms with van der Waals surface area (Å²) in [6.07, 6.45) is 4.55. The average molecular weight is 609 g/mol. The van der Waals surface area contributed by atoms with E-state index in [2.05, 4.69) is 32.5 Å². The minimum absolute atomic E-state index is 0.0434. The number of amides is 3. The van der Waals surface area contributed by atoms with E-state index in [9.17, 15) is 14.4 Å². The number of H-pyrrole nitrogens is 1. The normalized spacial score (nSPS) is 19.4. The van der Waals surface area contributed by atoms with Crippen molar-refractivity contribution in [2.45, 2.75) is 52.1 Å². The molecule has 3 N–H and O–H groups in total. The van der Waals surface area contributed by atoms with E-state index < -0.39 is 0 Å². The van der Waals surface area contributed by atoms with Gasteiger partial charge in [0, 0.05) is 73.5 Å². The number of hydrogen-bond acceptors (Lipinski definition) is 5. The summed E-state index contributed by atoms with van der Waals surface area (Å²) >= 11 is 0. The Morgan fingerprint density at radius 2 is 1.71 bits per heavy atom. The lowest BCUT2D eigenvalue weighted by molar-refractivity contribution is -0.110. The molecule has 2 saturated heterocycles. The Kier molecular flexibility index (Phi) is 8.92. The molecule has 2 aromatic carbocycles. The van der Waals surface area contributed by atoms with Crippen molar-refractivity contribution in [2.75, 3.05) is 51.6 Å². The molecule has 3 aliphatic rings. The first-order valence-electron chi connectivity index (χ1n) is 16.2. The van der Waals surface area contributed by atoms with Gasteiger partial charge in [0.2, 0.25) is 0 Å². The topological polar surface area (TPSA) is 101 Å². The van der Waals surface area contributed by atoms with Crippen molar-refractivity contribution in [1.29, 1.82) is 0 Å². The van der Waals surface area contributed by atoms with E-state index in [1.165, 1.54) is 0 Å². The third-order valence-corrected chi connectivity index (χ3v) is 9.76. The molecule has 0 aliphatic carbocycles. The van der Waals surface area contributed by atoms with Crippen LogP contribution >= 0.6 is 0 Å². The molecule has 1 aromatic heterocycles. The molecule has 9 nitrogen and oxygen atoms in total. The largest absolute Gasteiger partial charge is 0.358 e. The molecule has 3 aromatic rings. The van der Waals surface area contributed by atoms with Crippen molar-refractivity contribution in [3.63, 3.8) is 0 Å². The Bertz CT molecular complexity index is 1610. The van der Waals surface area contributed by atoms with Crippen molar-refractivity contribution in [3.8, 4) is 0 Å². The number of anilines is 1. The zero-order valence-corrected chi connectivity index (χ0v) is 26.8. The number of aryl methyl sites for hydroxylation is 1. The number of nitrogens with zero attached hydrogens (tertiary/aromatic N) is 3. The highest BCUT2D eigenvalue weighted by Gasteiger charge is 2.31. The lowest BCUT2D eigenvalue weighted by atomic mass is 9.99. The van der Waals surface area contributed by atoms with Gasteiger partial charge in [-0.2, -0.15) is 0 Å². The van der Waals surface area contributed by atoms with E-state index in [-0.39, 0.29) is 23.8 Å². The number of hydrogen-bond donors (Lipinski definition) is 3. The first-order valence-corrected chi connectivity index (χ1v) is 16.2. The summed E-state index contributed by atoms with van der Waals surface area (Å²) in [5.74, 6) is -0.381. The summed E-state index contributed by atoms with van der Waals surface area (Å²) in [5.41, 5.74) is 6.37. The van der Waals surface area contributed by atoms with Gasteiger partial charge < -0.3 is 25.4 Å². The van der Waals surface area contributed by atoms with Crippen LogP contribution in [0, 0.1) is 13.8 Å². The van der Waals surface area contributed by atoms with Gasteiger partial charge in [-0.25, -0.2) is 0 Å². The Morgan fingerprint density at radius 3 is 2.40 bits per heavy atom. The molecule has 45 heavy (non-hydrogen) atoms. The molecule has 1 atom stereocenters. The molecule has 0 spiro atoms. The Labute approximate surface area is 265 Å². The Morgan fingerprint density at radius 1 is 1.00 bits per heavy atom. The van der Waals surface area contributed by atoms with Crippen LogP contribution in [-0.2, 0) is 4.79 Å². The molecule has 2 fully saturated rings. The molecule has 3 amide bonds. The lowest BCUT2D eigenvalue weighted by Crippen LogP contribution is -2.53. The number of piperidine rings is 1. The third kappa shape index (κ3) is 6.32. The monoisotopic (exact) mass is 608 g/mol. The molecule has 0 bridgehead atoms. The summed E-state index contributed by atoms with van der Waals surface area (Å²) < 4.78 is 0. The van der Waals surface area contributed by atoms with Crippen LogP contribution in [-0.4, -0.2) is 89.8 Å². The second-order valence-electron chi connectivity index (χ2n) is 12.6. The van der Waals surface area contributed by atoms with Gasteiger partial charge in [-0.1, -0.05) is 37.3 Å². The number of aromatic nitrogens is 1. The van der Waals surface area contributed by atoms with Gasteiger partial charge in [-0.3, -0.25) is 19.3 Å². The molecule has 9 heteroatoms. The van der Waals surface area contributed by atoms with Gasteiger partial charge >= 0.3 is 0 Å². The van der Waals surface area contributed by atoms with Crippen molar-refractivity contribution in [2.24, 2.45) is 0 Å². The van der Waals surface area contributed by atoms with Gasteiger partial charge in [-0.15, -0.1) is 0 Å². The number of fused-ring (bicyclic) bond motifs is 1. The molecular weight excluding hydrogens is 564 g/mol. The summed E-state index contributed by atoms with van der Waals surface area (Å²) in [5, 5.41) is 6.06. The van der Waals surface area contributed by atoms with Gasteiger partial charge in [0.1, 0.15) is 0 Å². The number of piperazine rings is 1. The number of likely N-dealkylation sites (N-methyl/N-ethyl adjacent to an activating group) is 1. The quantitative estimate of drug-likeness (QED) is 0.333. The van der Waals surface area contributed by atoms with Crippen molar-refractivity contribution in [3.05, 3.63) is 87.7 Å². The van der Waals surface area contributed by atoms with Crippen LogP contribution in [0.4, 0.5) is 5.69 Å². The average Bonchev–Trinajstić information content (AvgIpc) is 3.52. The molecule has 3 aliphatic heterocycles. The highest BCUT2D eigenvalue weighted by molar-refractivity contribution is 6.35. The molecule has 236 valence electrons. The maximum absolute atomic E-state index is 13.8. The maximum atomic E-state index is 13.8. The number of carbonyl (C=O) groups excluding carboxylic acids is 3. The van der Waals surface area contributed by atoms with Crippen molar-refractivity contribution >= 4 is 35.1 Å². The van der Waals surface area contributed by atoms with E-state index in [0.29, 0.717) is 34.0 Å². The fourth-order valence-corrected chi connectivity index (χ4v) is 6.98. The lowest BCUT2D eigenvalue weighted by Gasteiger charge is -2.42. The number of aromatic amines is 1. The Balaban J connectivity index is 1.18. The predicted molar refractivity (Wildman–Crippen MR) is 178 cm³/mol. The van der Waals surface area contributed by atoms with Crippen LogP contribution in [0.2, 0.25) is 0 Å². The van der Waals surface area contributed by atoms with Gasteiger partial charge in [0.05, 0.1) is 17.2 Å². The van der Waals surface area contributed by atoms with Gasteiger partial charge in [-0.05, 0) is 75.6 Å². The highest BCUT2D eigenvalue weighted by atomic mass is 16.2. The summed E-state index contributed by atoms with van der Waals surface area (Å²) in [4.78, 5) is 50.5. The fraction of sp³-hybridized carbons (Fsp3) is 0.417. The first-order chi connectivity index (χ1) is 21.7. The van der Waals surface area contributed by atoms with Crippen molar-refractivity contribution in [1.82, 2.24) is 25.0 Å². The van der Waals surface area contributed by atoms with E-state index in [1.807, 2.05) is 56.0 Å². The number of likely N-dealkylation sites (tertiary alicyclic amines) is 1. The number of benzene rings is 2. The SMILES string of the molecule is CC[C@H](NC(=O)c1ccc2c(c1)/C(=C/c1[nH]c(C)c(C(=O)N3CCC(N4CCN(C)CC4)CC3)c1C)C(=O)N2)c1ccccc1. The minimum atomic E-state index is -0.233. The zero-order chi connectivity index (χ0) is 31.7. The van der Waals surface area contributed by atoms with Crippen LogP contribution in [0.1, 0.15) is 81.0 Å². The second kappa shape index (κ2) is 13.0. The van der Waals surface area contributed by atoms with E-state index in [1.54, 1.807) is 24.3 Å². The van der Waals surface area contributed by atoms with Crippen LogP contribution in [0.25, 0.3) is 11.6 Å². The van der Waals surface area contributed by atoms with Crippen LogP contribution in [0.3, 0.4) is 0 Å². The van der Waals surface area contributed by atoms with Crippen LogP contribution in [0.15, 0.2) is 48.5 Å². The van der Waals surface area contributed by atoms with E-state index in [0.717, 1.165) is 81.0 Å². The van der Waals surface area contributed by atoms with E-state index in [4.69, 9.17) is 0 Å². The second-order valence-corrected chi connectivity index (χ2v) is 12.6. The molecule has 0 unspecified atom stereocenters. The van der Waals surface area contributed by atoms with Crippen LogP contribution < -0.4 is 10.6 Å². The fourth-order valence-electron chi connectivity index (χ4n) is 6.98. The zero-order valence-electron chi connectivity index (χ0n) is 26.8. The highest BCUT2D eigenvalue weighted by Crippen LogP contribution is 2.35. The van der Waals surface area contributed by atoms with Crippen molar-refractivity contribution < 1.29 is 14.4 Å². The summed E-state index contributed by atoms with van der Waals surface area (Å²) in [6, 6.07) is 15.6. The summed E-state index contributed by atoms with van der Waals surface area (Å²) in [6.45, 7) is 11.8. The van der Waals surface area contributed by atoms with Gasteiger partial charge in [0.25, 0.3) is 17.7 Å². The van der Waals surface area contributed by atoms with E-state index >= 15 is 0 Å². The van der Waals surface area contributed by atoms with Crippen LogP contribution in [0.5, 0.6) is 0 Å².